The molecule has 0 bridgehead atoms. The minimum atomic E-state index is -0.0867. The maximum absolute atomic E-state index is 12.8. The van der Waals surface area contributed by atoms with Gasteiger partial charge < -0.3 is 14.8 Å². The van der Waals surface area contributed by atoms with Gasteiger partial charge in [-0.05, 0) is 63.1 Å². The Morgan fingerprint density at radius 2 is 1.64 bits per heavy atom. The molecule has 2 aromatic carbocycles. The summed E-state index contributed by atoms with van der Waals surface area (Å²) in [6.07, 6.45) is 5.65. The number of hydrogen-bond donors (Lipinski definition) is 1. The Hall–Kier alpha value is -3.12. The Morgan fingerprint density at radius 3 is 2.30 bits per heavy atom. The maximum atomic E-state index is 12.8. The first-order valence-electron chi connectivity index (χ1n) is 12.1. The molecule has 0 radical (unpaired) electrons. The van der Waals surface area contributed by atoms with Gasteiger partial charge in [0.05, 0.1) is 5.69 Å². The van der Waals surface area contributed by atoms with Gasteiger partial charge in [-0.1, -0.05) is 12.1 Å². The lowest BCUT2D eigenvalue weighted by molar-refractivity contribution is 0.102. The van der Waals surface area contributed by atoms with Crippen molar-refractivity contribution < 1.29 is 4.79 Å². The van der Waals surface area contributed by atoms with E-state index in [1.54, 1.807) is 0 Å². The van der Waals surface area contributed by atoms with E-state index in [0.717, 1.165) is 56.1 Å². The zero-order chi connectivity index (χ0) is 22.8. The van der Waals surface area contributed by atoms with E-state index in [9.17, 15) is 4.79 Å². The molecule has 5 rings (SSSR count). The molecule has 1 saturated heterocycles. The molecule has 2 aliphatic rings. The summed E-state index contributed by atoms with van der Waals surface area (Å²) in [6.45, 7) is 9.77. The molecule has 0 spiro atoms. The molecule has 1 amide bonds. The first kappa shape index (κ1) is 21.7. The minimum Gasteiger partial charge on any atom is -0.369 e. The molecule has 0 unspecified atom stereocenters. The predicted molar refractivity (Wildman–Crippen MR) is 134 cm³/mol. The number of aromatic nitrogens is 2. The van der Waals surface area contributed by atoms with Crippen LogP contribution in [0.1, 0.15) is 42.9 Å². The second kappa shape index (κ2) is 9.40. The number of nitrogens with zero attached hydrogens (tertiary/aromatic N) is 4. The van der Waals surface area contributed by atoms with Crippen LogP contribution in [0.15, 0.2) is 54.7 Å². The third kappa shape index (κ3) is 4.81. The van der Waals surface area contributed by atoms with Crippen LogP contribution in [-0.4, -0.2) is 52.6 Å². The zero-order valence-corrected chi connectivity index (χ0v) is 19.6. The van der Waals surface area contributed by atoms with E-state index in [4.69, 9.17) is 4.98 Å². The van der Waals surface area contributed by atoms with Crippen molar-refractivity contribution in [3.63, 3.8) is 0 Å². The first-order chi connectivity index (χ1) is 16.1. The summed E-state index contributed by atoms with van der Waals surface area (Å²) in [6, 6.07) is 16.5. The zero-order valence-electron chi connectivity index (χ0n) is 19.6. The van der Waals surface area contributed by atoms with Crippen molar-refractivity contribution in [3.05, 3.63) is 66.1 Å². The second-order valence-electron chi connectivity index (χ2n) is 9.39. The van der Waals surface area contributed by atoms with Crippen LogP contribution >= 0.6 is 0 Å². The predicted octanol–water partition coefficient (Wildman–Crippen LogP) is 4.67. The van der Waals surface area contributed by atoms with Gasteiger partial charge in [0.25, 0.3) is 5.91 Å². The number of fused-ring (bicyclic) bond motifs is 1. The van der Waals surface area contributed by atoms with Gasteiger partial charge in [0, 0.05) is 73.9 Å². The number of anilines is 2. The van der Waals surface area contributed by atoms with Crippen molar-refractivity contribution in [1.82, 2.24) is 14.5 Å². The summed E-state index contributed by atoms with van der Waals surface area (Å²) >= 11 is 0. The van der Waals surface area contributed by atoms with E-state index in [2.05, 4.69) is 51.9 Å². The molecule has 0 saturated carbocycles. The van der Waals surface area contributed by atoms with Gasteiger partial charge in [-0.2, -0.15) is 0 Å². The number of amides is 1. The van der Waals surface area contributed by atoms with E-state index in [-0.39, 0.29) is 5.91 Å². The van der Waals surface area contributed by atoms with Crippen molar-refractivity contribution in [3.8, 4) is 11.3 Å². The van der Waals surface area contributed by atoms with E-state index >= 15 is 0 Å². The third-order valence-electron chi connectivity index (χ3n) is 6.89. The van der Waals surface area contributed by atoms with E-state index in [1.807, 2.05) is 36.4 Å². The summed E-state index contributed by atoms with van der Waals surface area (Å²) in [5.41, 5.74) is 4.74. The van der Waals surface area contributed by atoms with Gasteiger partial charge in [0.2, 0.25) is 0 Å². The van der Waals surface area contributed by atoms with Crippen LogP contribution in [0.3, 0.4) is 0 Å². The lowest BCUT2D eigenvalue weighted by Crippen LogP contribution is -2.48. The Labute approximate surface area is 196 Å². The van der Waals surface area contributed by atoms with E-state index in [0.29, 0.717) is 11.6 Å². The highest BCUT2D eigenvalue weighted by Gasteiger charge is 2.19. The molecule has 2 aliphatic heterocycles. The molecule has 1 fully saturated rings. The summed E-state index contributed by atoms with van der Waals surface area (Å²) < 4.78 is 2.27. The quantitative estimate of drug-likeness (QED) is 0.623. The van der Waals surface area contributed by atoms with Crippen LogP contribution in [0.2, 0.25) is 0 Å². The standard InChI is InChI=1S/C27H33N5O/c1-20(2)30-15-17-31(18-16-30)24-12-8-22(9-13-24)27(33)28-23-10-6-21(7-11-23)25-19-32-14-4-3-5-26(32)29-25/h6-13,19-20H,3-5,14-18H2,1-2H3,(H,28,33). The van der Waals surface area contributed by atoms with Crippen LogP contribution in [-0.2, 0) is 13.0 Å². The number of piperazine rings is 1. The average molecular weight is 444 g/mol. The maximum Gasteiger partial charge on any atom is 0.255 e. The Morgan fingerprint density at radius 1 is 0.909 bits per heavy atom. The van der Waals surface area contributed by atoms with Crippen molar-refractivity contribution in [2.75, 3.05) is 36.4 Å². The molecule has 0 aliphatic carbocycles. The highest BCUT2D eigenvalue weighted by molar-refractivity contribution is 6.04. The molecule has 6 heteroatoms. The fraction of sp³-hybridized carbons (Fsp3) is 0.407. The SMILES string of the molecule is CC(C)N1CCN(c2ccc(C(=O)Nc3ccc(-c4cn5c(n4)CCCC5)cc3)cc2)CC1. The lowest BCUT2D eigenvalue weighted by Gasteiger charge is -2.38. The highest BCUT2D eigenvalue weighted by atomic mass is 16.1. The van der Waals surface area contributed by atoms with Crippen LogP contribution in [0.4, 0.5) is 11.4 Å². The van der Waals surface area contributed by atoms with E-state index < -0.39 is 0 Å². The lowest BCUT2D eigenvalue weighted by atomic mass is 10.1. The number of rotatable bonds is 5. The molecule has 33 heavy (non-hydrogen) atoms. The monoisotopic (exact) mass is 443 g/mol. The van der Waals surface area contributed by atoms with Gasteiger partial charge in [-0.3, -0.25) is 9.69 Å². The smallest absolute Gasteiger partial charge is 0.255 e. The summed E-state index contributed by atoms with van der Waals surface area (Å²) in [5, 5.41) is 3.02. The molecular weight excluding hydrogens is 410 g/mol. The fourth-order valence-corrected chi connectivity index (χ4v) is 4.80. The first-order valence-corrected chi connectivity index (χ1v) is 12.1. The number of carbonyl (C=O) groups excluding carboxylic acids is 1. The third-order valence-corrected chi connectivity index (χ3v) is 6.89. The van der Waals surface area contributed by atoms with Gasteiger partial charge in [-0.25, -0.2) is 4.98 Å². The number of imidazole rings is 1. The molecule has 3 aromatic rings. The molecule has 1 aromatic heterocycles. The van der Waals surface area contributed by atoms with Crippen molar-refractivity contribution in [2.45, 2.75) is 45.7 Å². The van der Waals surface area contributed by atoms with Crippen LogP contribution < -0.4 is 10.2 Å². The number of aryl methyl sites for hydroxylation is 2. The van der Waals surface area contributed by atoms with E-state index in [1.165, 1.54) is 24.4 Å². The molecule has 3 heterocycles. The van der Waals surface area contributed by atoms with Crippen LogP contribution in [0.25, 0.3) is 11.3 Å². The number of benzene rings is 2. The topological polar surface area (TPSA) is 53.4 Å². The summed E-state index contributed by atoms with van der Waals surface area (Å²) in [7, 11) is 0. The van der Waals surface area contributed by atoms with Gasteiger partial charge in [0.1, 0.15) is 5.82 Å². The second-order valence-corrected chi connectivity index (χ2v) is 9.39. The van der Waals surface area contributed by atoms with Crippen molar-refractivity contribution in [2.24, 2.45) is 0 Å². The fourth-order valence-electron chi connectivity index (χ4n) is 4.80. The number of carbonyl (C=O) groups is 1. The van der Waals surface area contributed by atoms with Crippen molar-refractivity contribution >= 4 is 17.3 Å². The molecule has 0 atom stereocenters. The molecule has 6 nitrogen and oxygen atoms in total. The average Bonchev–Trinajstić information content (AvgIpc) is 3.29. The Balaban J connectivity index is 1.19. The van der Waals surface area contributed by atoms with Gasteiger partial charge in [-0.15, -0.1) is 0 Å². The minimum absolute atomic E-state index is 0.0867. The number of nitrogens with one attached hydrogen (secondary N) is 1. The largest absolute Gasteiger partial charge is 0.369 e. The molecular formula is C27H33N5O. The Bertz CT molecular complexity index is 1070. The normalized spacial score (nSPS) is 16.6. The Kier molecular flexibility index (Phi) is 6.18. The highest BCUT2D eigenvalue weighted by Crippen LogP contribution is 2.24. The van der Waals surface area contributed by atoms with Gasteiger partial charge in [0.15, 0.2) is 0 Å². The van der Waals surface area contributed by atoms with Crippen molar-refractivity contribution in [1.29, 1.82) is 0 Å². The number of hydrogen-bond acceptors (Lipinski definition) is 4. The molecule has 1 N–H and O–H groups in total. The summed E-state index contributed by atoms with van der Waals surface area (Å²) in [4.78, 5) is 22.4. The van der Waals surface area contributed by atoms with Crippen LogP contribution in [0, 0.1) is 0 Å². The summed E-state index contributed by atoms with van der Waals surface area (Å²) in [5.74, 6) is 1.09. The van der Waals surface area contributed by atoms with Gasteiger partial charge >= 0.3 is 0 Å². The van der Waals surface area contributed by atoms with Crippen LogP contribution in [0.5, 0.6) is 0 Å². The molecule has 172 valence electrons.